The predicted molar refractivity (Wildman–Crippen MR) is 139 cm³/mol. The molecule has 5 rings (SSSR count). The first-order chi connectivity index (χ1) is 17.6. The van der Waals surface area contributed by atoms with Crippen molar-refractivity contribution in [2.24, 2.45) is 0 Å². The Hall–Kier alpha value is -3.66. The van der Waals surface area contributed by atoms with E-state index < -0.39 is 5.82 Å². The highest BCUT2D eigenvalue weighted by molar-refractivity contribution is 5.89. The maximum atomic E-state index is 14.1. The number of halogens is 1. The summed E-state index contributed by atoms with van der Waals surface area (Å²) in [5, 5.41) is 12.9. The number of anilines is 1. The van der Waals surface area contributed by atoms with Gasteiger partial charge in [-0.25, -0.2) is 9.18 Å². The molecule has 0 spiro atoms. The van der Waals surface area contributed by atoms with Crippen LogP contribution in [0.1, 0.15) is 35.4 Å². The second kappa shape index (κ2) is 10.9. The monoisotopic (exact) mass is 483 g/mol. The van der Waals surface area contributed by atoms with Gasteiger partial charge in [0.05, 0.1) is 12.3 Å². The summed E-state index contributed by atoms with van der Waals surface area (Å²) >= 11 is 0. The van der Waals surface area contributed by atoms with Gasteiger partial charge in [-0.15, -0.1) is 0 Å². The maximum Gasteiger partial charge on any atom is 0.321 e. The summed E-state index contributed by atoms with van der Waals surface area (Å²) in [6, 6.07) is 24.1. The van der Waals surface area contributed by atoms with Crippen LogP contribution in [0, 0.1) is 17.7 Å². The third kappa shape index (κ3) is 5.13. The molecule has 36 heavy (non-hydrogen) atoms. The third-order valence-corrected chi connectivity index (χ3v) is 7.19. The lowest BCUT2D eigenvalue weighted by molar-refractivity contribution is -0.0585. The molecule has 0 bridgehead atoms. The number of rotatable bonds is 3. The lowest BCUT2D eigenvalue weighted by Crippen LogP contribution is -2.68. The first-order valence-corrected chi connectivity index (χ1v) is 12.5. The Morgan fingerprint density at radius 3 is 2.31 bits per heavy atom. The van der Waals surface area contributed by atoms with Gasteiger partial charge in [0.15, 0.2) is 0 Å². The molecule has 2 saturated heterocycles. The van der Waals surface area contributed by atoms with Crippen molar-refractivity contribution in [1.29, 1.82) is 0 Å². The lowest BCUT2D eigenvalue weighted by Gasteiger charge is -2.57. The first kappa shape index (κ1) is 24.1. The number of amides is 2. The number of nitrogens with one attached hydrogen (secondary N) is 1. The highest BCUT2D eigenvalue weighted by Crippen LogP contribution is 2.42. The SMILES string of the molecule is O=C(Nc1ccccc1F)N1CCCCN2[C@@H](CO)[C@@H](c3ccc(C#Cc4ccccc4)cc3)[C@@H]2C1. The van der Waals surface area contributed by atoms with Gasteiger partial charge in [0.25, 0.3) is 0 Å². The van der Waals surface area contributed by atoms with Gasteiger partial charge in [-0.2, -0.15) is 0 Å². The smallest absolute Gasteiger partial charge is 0.321 e. The van der Waals surface area contributed by atoms with Gasteiger partial charge >= 0.3 is 6.03 Å². The van der Waals surface area contributed by atoms with Crippen molar-refractivity contribution in [2.75, 3.05) is 31.6 Å². The summed E-state index contributed by atoms with van der Waals surface area (Å²) < 4.78 is 14.1. The quantitative estimate of drug-likeness (QED) is 0.532. The van der Waals surface area contributed by atoms with Gasteiger partial charge in [0, 0.05) is 42.2 Å². The van der Waals surface area contributed by atoms with E-state index in [1.807, 2.05) is 42.5 Å². The van der Waals surface area contributed by atoms with Crippen LogP contribution in [0.3, 0.4) is 0 Å². The van der Waals surface area contributed by atoms with E-state index in [-0.39, 0.29) is 36.3 Å². The Balaban J connectivity index is 1.32. The number of hydrogen-bond donors (Lipinski definition) is 2. The van der Waals surface area contributed by atoms with Gasteiger partial charge in [0.1, 0.15) is 5.82 Å². The van der Waals surface area contributed by atoms with Crippen LogP contribution >= 0.6 is 0 Å². The van der Waals surface area contributed by atoms with Crippen LogP contribution in [0.5, 0.6) is 0 Å². The minimum absolute atomic E-state index is 0.0193. The summed E-state index contributed by atoms with van der Waals surface area (Å²) in [5.41, 5.74) is 3.23. The molecule has 0 aliphatic carbocycles. The van der Waals surface area contributed by atoms with E-state index in [1.165, 1.54) is 6.07 Å². The summed E-state index contributed by atoms with van der Waals surface area (Å²) in [6.07, 6.45) is 1.81. The fraction of sp³-hybridized carbons (Fsp3) is 0.300. The Bertz CT molecular complexity index is 1250. The number of nitrogens with zero attached hydrogens (tertiary/aromatic N) is 2. The minimum atomic E-state index is -0.447. The van der Waals surface area contributed by atoms with Crippen LogP contribution in [0.4, 0.5) is 14.9 Å². The Morgan fingerprint density at radius 2 is 1.58 bits per heavy atom. The fourth-order valence-electron chi connectivity index (χ4n) is 5.34. The molecule has 6 heteroatoms. The summed E-state index contributed by atoms with van der Waals surface area (Å²) in [7, 11) is 0. The van der Waals surface area contributed by atoms with Gasteiger partial charge in [-0.05, 0) is 61.3 Å². The number of hydrogen-bond acceptors (Lipinski definition) is 3. The van der Waals surface area contributed by atoms with Crippen LogP contribution < -0.4 is 5.32 Å². The second-order valence-corrected chi connectivity index (χ2v) is 9.38. The number of benzene rings is 3. The molecule has 2 heterocycles. The molecule has 0 unspecified atom stereocenters. The second-order valence-electron chi connectivity index (χ2n) is 9.38. The predicted octanol–water partition coefficient (Wildman–Crippen LogP) is 4.68. The number of carbonyl (C=O) groups excluding carboxylic acids is 1. The highest BCUT2D eigenvalue weighted by atomic mass is 19.1. The van der Waals surface area contributed by atoms with Gasteiger partial charge < -0.3 is 15.3 Å². The number of aliphatic hydroxyl groups is 1. The van der Waals surface area contributed by atoms with Crippen LogP contribution in [-0.4, -0.2) is 59.3 Å². The van der Waals surface area contributed by atoms with Crippen LogP contribution in [0.15, 0.2) is 78.9 Å². The van der Waals surface area contributed by atoms with Gasteiger partial charge in [0.2, 0.25) is 0 Å². The van der Waals surface area contributed by atoms with Gasteiger partial charge in [-0.3, -0.25) is 4.90 Å². The molecular weight excluding hydrogens is 453 g/mol. The zero-order valence-electron chi connectivity index (χ0n) is 20.1. The molecule has 3 aromatic carbocycles. The first-order valence-electron chi connectivity index (χ1n) is 12.5. The maximum absolute atomic E-state index is 14.1. The van der Waals surface area contributed by atoms with Crippen molar-refractivity contribution in [3.8, 4) is 11.8 Å². The van der Waals surface area contributed by atoms with Crippen LogP contribution in [-0.2, 0) is 0 Å². The summed E-state index contributed by atoms with van der Waals surface area (Å²) in [4.78, 5) is 17.2. The molecule has 0 aromatic heterocycles. The molecule has 0 radical (unpaired) electrons. The number of urea groups is 1. The molecule has 3 aromatic rings. The molecule has 184 valence electrons. The average molecular weight is 484 g/mol. The molecule has 5 nitrogen and oxygen atoms in total. The van der Waals surface area contributed by atoms with E-state index in [0.29, 0.717) is 13.1 Å². The van der Waals surface area contributed by atoms with Crippen molar-refractivity contribution < 1.29 is 14.3 Å². The van der Waals surface area contributed by atoms with Crippen LogP contribution in [0.2, 0.25) is 0 Å². The molecule has 2 aliphatic heterocycles. The van der Waals surface area contributed by atoms with E-state index in [9.17, 15) is 14.3 Å². The standard InChI is InChI=1S/C30H30FN3O2/c31-25-10-4-5-11-26(25)32-30(36)33-18-6-7-19-34-27(20-33)29(28(34)21-35)24-16-14-23(15-17-24)13-12-22-8-2-1-3-9-22/h1-5,8-11,14-17,27-29,35H,6-7,18-21H2,(H,32,36)/t27-,28-,29-/m0/s1. The summed E-state index contributed by atoms with van der Waals surface area (Å²) in [5.74, 6) is 6.05. The third-order valence-electron chi connectivity index (χ3n) is 7.19. The molecule has 2 amide bonds. The van der Waals surface area contributed by atoms with E-state index in [2.05, 4.69) is 34.2 Å². The fourth-order valence-corrected chi connectivity index (χ4v) is 5.34. The Kier molecular flexibility index (Phi) is 7.31. The van der Waals surface area contributed by atoms with E-state index in [0.717, 1.165) is 36.1 Å². The van der Waals surface area contributed by atoms with Crippen molar-refractivity contribution in [2.45, 2.75) is 30.8 Å². The largest absolute Gasteiger partial charge is 0.395 e. The molecular formula is C30H30FN3O2. The number of fused-ring (bicyclic) bond motifs is 1. The number of para-hydroxylation sites is 1. The Labute approximate surface area is 211 Å². The number of aliphatic hydroxyl groups excluding tert-OH is 1. The molecule has 2 N–H and O–H groups in total. The van der Waals surface area contributed by atoms with Crippen LogP contribution in [0.25, 0.3) is 0 Å². The Morgan fingerprint density at radius 1 is 0.917 bits per heavy atom. The lowest BCUT2D eigenvalue weighted by atomic mass is 9.74. The van der Waals surface area contributed by atoms with Crippen molar-refractivity contribution >= 4 is 11.7 Å². The van der Waals surface area contributed by atoms with Gasteiger partial charge in [-0.1, -0.05) is 54.3 Å². The zero-order valence-corrected chi connectivity index (χ0v) is 20.1. The van der Waals surface area contributed by atoms with Crippen molar-refractivity contribution in [3.63, 3.8) is 0 Å². The molecule has 2 aliphatic rings. The normalized spacial score (nSPS) is 21.7. The summed E-state index contributed by atoms with van der Waals surface area (Å²) in [6.45, 7) is 2.11. The molecule has 3 atom stereocenters. The minimum Gasteiger partial charge on any atom is -0.395 e. The zero-order chi connectivity index (χ0) is 24.9. The van der Waals surface area contributed by atoms with E-state index >= 15 is 0 Å². The average Bonchev–Trinajstić information content (AvgIpc) is 2.89. The van der Waals surface area contributed by atoms with Crippen molar-refractivity contribution in [1.82, 2.24) is 9.80 Å². The topological polar surface area (TPSA) is 55.8 Å². The van der Waals surface area contributed by atoms with Crippen molar-refractivity contribution in [3.05, 3.63) is 101 Å². The molecule has 0 saturated carbocycles. The molecule has 2 fully saturated rings. The van der Waals surface area contributed by atoms with E-state index in [1.54, 1.807) is 23.1 Å². The van der Waals surface area contributed by atoms with E-state index in [4.69, 9.17) is 0 Å². The number of carbonyl (C=O) groups is 1. The highest BCUT2D eigenvalue weighted by Gasteiger charge is 2.49.